The third kappa shape index (κ3) is 7.96. The van der Waals surface area contributed by atoms with Gasteiger partial charge in [0.2, 0.25) is 0 Å². The summed E-state index contributed by atoms with van der Waals surface area (Å²) in [4.78, 5) is 4.15. The van der Waals surface area contributed by atoms with E-state index >= 15 is 0 Å². The zero-order chi connectivity index (χ0) is 15.0. The van der Waals surface area contributed by atoms with Crippen LogP contribution in [0.5, 0.6) is 5.75 Å². The van der Waals surface area contributed by atoms with Crippen LogP contribution >= 0.6 is 0 Å². The minimum absolute atomic E-state index is 0.174. The van der Waals surface area contributed by atoms with E-state index in [1.807, 2.05) is 0 Å². The van der Waals surface area contributed by atoms with Crippen LogP contribution in [-0.4, -0.2) is 31.1 Å². The molecule has 114 valence electrons. The molecule has 0 unspecified atom stereocenters. The fourth-order valence-electron chi connectivity index (χ4n) is 1.41. The zero-order valence-electron chi connectivity index (χ0n) is 11.5. The van der Waals surface area contributed by atoms with Gasteiger partial charge in [0.25, 0.3) is 0 Å². The molecule has 1 rings (SSSR count). The van der Waals surface area contributed by atoms with E-state index in [-0.39, 0.29) is 6.61 Å². The second-order valence-electron chi connectivity index (χ2n) is 4.65. The first-order valence-corrected chi connectivity index (χ1v) is 6.36. The molecule has 0 atom stereocenters. The summed E-state index contributed by atoms with van der Waals surface area (Å²) in [5.74, 6) is 0.981. The minimum Gasteiger partial charge on any atom is -0.490 e. The van der Waals surface area contributed by atoms with Crippen molar-refractivity contribution in [1.82, 2.24) is 10.3 Å². The normalized spacial score (nSPS) is 11.9. The van der Waals surface area contributed by atoms with Gasteiger partial charge in [-0.25, -0.2) is 0 Å². The predicted octanol–water partition coefficient (Wildman–Crippen LogP) is 2.74. The molecule has 1 aromatic heterocycles. The first-order chi connectivity index (χ1) is 9.37. The quantitative estimate of drug-likeness (QED) is 0.748. The molecule has 7 heteroatoms. The Morgan fingerprint density at radius 3 is 2.55 bits per heavy atom. The summed E-state index contributed by atoms with van der Waals surface area (Å²) < 4.78 is 43.8. The maximum Gasteiger partial charge on any atom is 0.522 e. The molecular weight excluding hydrogens is 273 g/mol. The summed E-state index contributed by atoms with van der Waals surface area (Å²) in [6, 6.07) is 3.44. The Labute approximate surface area is 116 Å². The Hall–Kier alpha value is -1.34. The summed E-state index contributed by atoms with van der Waals surface area (Å²) >= 11 is 0. The zero-order valence-corrected chi connectivity index (χ0v) is 11.5. The lowest BCUT2D eigenvalue weighted by atomic mass is 10.2. The molecule has 0 aliphatic heterocycles. The topological polar surface area (TPSA) is 43.4 Å². The highest BCUT2D eigenvalue weighted by Gasteiger charge is 2.28. The van der Waals surface area contributed by atoms with E-state index < -0.39 is 13.0 Å². The molecule has 1 heterocycles. The average Bonchev–Trinajstić information content (AvgIpc) is 2.35. The Morgan fingerprint density at radius 2 is 2.00 bits per heavy atom. The molecule has 1 aromatic rings. The number of pyridine rings is 1. The number of halogens is 3. The van der Waals surface area contributed by atoms with Gasteiger partial charge in [0, 0.05) is 6.54 Å². The Balaban J connectivity index is 2.25. The molecule has 20 heavy (non-hydrogen) atoms. The standard InChI is InChI=1S/C13H19F3N2O2/c1-10(2)7-17-8-11-3-4-12(9-18-11)19-5-6-20-13(14,15)16/h3-4,9-10,17H,5-8H2,1-2H3. The van der Waals surface area contributed by atoms with Crippen molar-refractivity contribution in [3.05, 3.63) is 24.0 Å². The molecule has 0 amide bonds. The molecule has 0 saturated heterocycles. The van der Waals surface area contributed by atoms with Crippen LogP contribution in [0.1, 0.15) is 19.5 Å². The Kier molecular flexibility index (Phi) is 6.74. The van der Waals surface area contributed by atoms with Crippen molar-refractivity contribution in [2.75, 3.05) is 19.8 Å². The number of nitrogens with one attached hydrogen (secondary N) is 1. The van der Waals surface area contributed by atoms with Gasteiger partial charge < -0.3 is 10.1 Å². The van der Waals surface area contributed by atoms with Gasteiger partial charge in [-0.3, -0.25) is 9.72 Å². The van der Waals surface area contributed by atoms with E-state index in [0.29, 0.717) is 18.2 Å². The van der Waals surface area contributed by atoms with Crippen LogP contribution in [0.25, 0.3) is 0 Å². The van der Waals surface area contributed by atoms with E-state index in [1.165, 1.54) is 6.20 Å². The molecule has 0 bridgehead atoms. The van der Waals surface area contributed by atoms with Crippen molar-refractivity contribution in [2.45, 2.75) is 26.8 Å². The fraction of sp³-hybridized carbons (Fsp3) is 0.615. The SMILES string of the molecule is CC(C)CNCc1ccc(OCCOC(F)(F)F)cn1. The van der Waals surface area contributed by atoms with E-state index in [1.54, 1.807) is 12.1 Å². The Morgan fingerprint density at radius 1 is 1.25 bits per heavy atom. The number of nitrogens with zero attached hydrogens (tertiary/aromatic N) is 1. The van der Waals surface area contributed by atoms with Crippen LogP contribution in [0.4, 0.5) is 13.2 Å². The average molecular weight is 292 g/mol. The van der Waals surface area contributed by atoms with E-state index in [4.69, 9.17) is 4.74 Å². The smallest absolute Gasteiger partial charge is 0.490 e. The lowest BCUT2D eigenvalue weighted by molar-refractivity contribution is -0.325. The van der Waals surface area contributed by atoms with Crippen molar-refractivity contribution >= 4 is 0 Å². The molecule has 0 saturated carbocycles. The lowest BCUT2D eigenvalue weighted by Crippen LogP contribution is -2.19. The van der Waals surface area contributed by atoms with Crippen molar-refractivity contribution in [2.24, 2.45) is 5.92 Å². The maximum absolute atomic E-state index is 11.7. The van der Waals surface area contributed by atoms with Gasteiger partial charge in [-0.2, -0.15) is 0 Å². The third-order valence-electron chi connectivity index (χ3n) is 2.27. The summed E-state index contributed by atoms with van der Waals surface area (Å²) in [5.41, 5.74) is 0.851. The number of rotatable bonds is 8. The molecular formula is C13H19F3N2O2. The second kappa shape index (κ2) is 8.06. The van der Waals surface area contributed by atoms with Crippen LogP contribution in [0.2, 0.25) is 0 Å². The van der Waals surface area contributed by atoms with E-state index in [0.717, 1.165) is 12.2 Å². The van der Waals surface area contributed by atoms with Gasteiger partial charge in [0.1, 0.15) is 12.4 Å². The summed E-state index contributed by atoms with van der Waals surface area (Å²) in [5, 5.41) is 3.24. The largest absolute Gasteiger partial charge is 0.522 e. The van der Waals surface area contributed by atoms with E-state index in [2.05, 4.69) is 28.9 Å². The molecule has 0 spiro atoms. The lowest BCUT2D eigenvalue weighted by Gasteiger charge is -2.10. The number of ether oxygens (including phenoxy) is 2. The highest BCUT2D eigenvalue weighted by Crippen LogP contribution is 2.16. The monoisotopic (exact) mass is 292 g/mol. The van der Waals surface area contributed by atoms with Crippen molar-refractivity contribution in [1.29, 1.82) is 0 Å². The fourth-order valence-corrected chi connectivity index (χ4v) is 1.41. The second-order valence-corrected chi connectivity index (χ2v) is 4.65. The van der Waals surface area contributed by atoms with E-state index in [9.17, 15) is 13.2 Å². The molecule has 4 nitrogen and oxygen atoms in total. The van der Waals surface area contributed by atoms with Gasteiger partial charge in [-0.05, 0) is 24.6 Å². The van der Waals surface area contributed by atoms with Crippen LogP contribution < -0.4 is 10.1 Å². The van der Waals surface area contributed by atoms with Crippen molar-refractivity contribution in [3.8, 4) is 5.75 Å². The summed E-state index contributed by atoms with van der Waals surface area (Å²) in [6.07, 6.45) is -3.13. The molecule has 0 fully saturated rings. The number of alkyl halides is 3. The number of hydrogen-bond donors (Lipinski definition) is 1. The molecule has 0 aliphatic rings. The van der Waals surface area contributed by atoms with Crippen molar-refractivity contribution in [3.63, 3.8) is 0 Å². The first-order valence-electron chi connectivity index (χ1n) is 6.36. The molecule has 1 N–H and O–H groups in total. The van der Waals surface area contributed by atoms with Gasteiger partial charge in [0.15, 0.2) is 0 Å². The molecule has 0 radical (unpaired) electrons. The van der Waals surface area contributed by atoms with Gasteiger partial charge in [-0.15, -0.1) is 13.2 Å². The summed E-state index contributed by atoms with van der Waals surface area (Å²) in [7, 11) is 0. The minimum atomic E-state index is -4.62. The summed E-state index contributed by atoms with van der Waals surface area (Å²) in [6.45, 7) is 5.05. The van der Waals surface area contributed by atoms with Gasteiger partial charge in [-0.1, -0.05) is 13.8 Å². The van der Waals surface area contributed by atoms with Gasteiger partial charge in [0.05, 0.1) is 18.5 Å². The Bertz CT molecular complexity index is 380. The van der Waals surface area contributed by atoms with Crippen LogP contribution in [0.15, 0.2) is 18.3 Å². The van der Waals surface area contributed by atoms with Crippen LogP contribution in [0.3, 0.4) is 0 Å². The van der Waals surface area contributed by atoms with Crippen LogP contribution in [0, 0.1) is 5.92 Å². The molecule has 0 aliphatic carbocycles. The maximum atomic E-state index is 11.7. The third-order valence-corrected chi connectivity index (χ3v) is 2.27. The van der Waals surface area contributed by atoms with Crippen molar-refractivity contribution < 1.29 is 22.6 Å². The highest BCUT2D eigenvalue weighted by molar-refractivity contribution is 5.19. The number of aromatic nitrogens is 1. The number of hydrogen-bond acceptors (Lipinski definition) is 4. The molecule has 0 aromatic carbocycles. The van der Waals surface area contributed by atoms with Gasteiger partial charge >= 0.3 is 6.36 Å². The predicted molar refractivity (Wildman–Crippen MR) is 68.3 cm³/mol. The first kappa shape index (κ1) is 16.7. The van der Waals surface area contributed by atoms with Crippen LogP contribution in [-0.2, 0) is 11.3 Å². The highest BCUT2D eigenvalue weighted by atomic mass is 19.4.